The summed E-state index contributed by atoms with van der Waals surface area (Å²) >= 11 is 0. The Morgan fingerprint density at radius 2 is 1.78 bits per heavy atom. The molecule has 1 N–H and O–H groups in total. The van der Waals surface area contributed by atoms with Gasteiger partial charge < -0.3 is 5.32 Å². The molecule has 0 saturated carbocycles. The van der Waals surface area contributed by atoms with Crippen molar-refractivity contribution < 1.29 is 0 Å². The second kappa shape index (κ2) is 7.26. The average molecular weight is 236 g/mol. The van der Waals surface area contributed by atoms with Gasteiger partial charge in [0.05, 0.1) is 6.54 Å². The minimum absolute atomic E-state index is 0.722. The molecule has 18 heavy (non-hydrogen) atoms. The van der Waals surface area contributed by atoms with Gasteiger partial charge in [-0.25, -0.2) is 0 Å². The Bertz CT molecular complexity index is 509. The van der Waals surface area contributed by atoms with Crippen molar-refractivity contribution >= 4 is 0 Å². The highest BCUT2D eigenvalue weighted by molar-refractivity contribution is 5.33. The fourth-order valence-electron chi connectivity index (χ4n) is 1.60. The largest absolute Gasteiger partial charge is 0.306 e. The molecular formula is C16H16N2. The first kappa shape index (κ1) is 12.3. The molecule has 1 heterocycles. The van der Waals surface area contributed by atoms with Crippen LogP contribution in [-0.4, -0.2) is 18.1 Å². The van der Waals surface area contributed by atoms with Gasteiger partial charge in [-0.15, -0.1) is 0 Å². The number of benzene rings is 1. The van der Waals surface area contributed by atoms with Crippen molar-refractivity contribution in [1.82, 2.24) is 10.3 Å². The van der Waals surface area contributed by atoms with E-state index in [-0.39, 0.29) is 0 Å². The molecule has 2 aromatic rings. The van der Waals surface area contributed by atoms with Gasteiger partial charge in [0, 0.05) is 24.5 Å². The zero-order valence-electron chi connectivity index (χ0n) is 10.3. The summed E-state index contributed by atoms with van der Waals surface area (Å²) in [6.45, 7) is 1.66. The van der Waals surface area contributed by atoms with E-state index in [2.05, 4.69) is 22.1 Å². The number of aromatic nitrogens is 1. The highest BCUT2D eigenvalue weighted by atomic mass is 14.8. The number of pyridine rings is 1. The van der Waals surface area contributed by atoms with E-state index in [0.29, 0.717) is 0 Å². The first-order chi connectivity index (χ1) is 8.95. The van der Waals surface area contributed by atoms with E-state index in [4.69, 9.17) is 0 Å². The van der Waals surface area contributed by atoms with Crippen LogP contribution in [0.15, 0.2) is 54.9 Å². The van der Waals surface area contributed by atoms with Crippen molar-refractivity contribution in [1.29, 1.82) is 0 Å². The lowest BCUT2D eigenvalue weighted by Crippen LogP contribution is -2.17. The van der Waals surface area contributed by atoms with Crippen molar-refractivity contribution in [3.05, 3.63) is 66.0 Å². The van der Waals surface area contributed by atoms with E-state index in [1.165, 1.54) is 5.56 Å². The number of hydrogen-bond acceptors (Lipinski definition) is 2. The van der Waals surface area contributed by atoms with Crippen LogP contribution in [0, 0.1) is 11.8 Å². The van der Waals surface area contributed by atoms with Crippen molar-refractivity contribution in [2.45, 2.75) is 6.42 Å². The Labute approximate surface area is 108 Å². The number of nitrogens with zero attached hydrogens (tertiary/aromatic N) is 1. The van der Waals surface area contributed by atoms with Crippen LogP contribution >= 0.6 is 0 Å². The van der Waals surface area contributed by atoms with E-state index < -0.39 is 0 Å². The molecule has 0 fully saturated rings. The van der Waals surface area contributed by atoms with E-state index in [1.807, 2.05) is 54.9 Å². The molecule has 0 radical (unpaired) electrons. The van der Waals surface area contributed by atoms with Gasteiger partial charge in [-0.05, 0) is 36.2 Å². The standard InChI is InChI=1S/C16H16N2/c1-2-5-15(6-3-1)7-4-11-17-12-8-16-9-13-18-14-10-16/h1-3,5-6,9-10,13-14,17H,8,11-12H2. The summed E-state index contributed by atoms with van der Waals surface area (Å²) in [5.74, 6) is 6.24. The van der Waals surface area contributed by atoms with Crippen LogP contribution in [0.5, 0.6) is 0 Å². The summed E-state index contributed by atoms with van der Waals surface area (Å²) in [4.78, 5) is 3.99. The maximum atomic E-state index is 3.99. The van der Waals surface area contributed by atoms with Gasteiger partial charge in [-0.2, -0.15) is 0 Å². The van der Waals surface area contributed by atoms with Gasteiger partial charge in [-0.1, -0.05) is 30.0 Å². The molecule has 0 atom stereocenters. The number of hydrogen-bond donors (Lipinski definition) is 1. The van der Waals surface area contributed by atoms with E-state index >= 15 is 0 Å². The quantitative estimate of drug-likeness (QED) is 0.650. The lowest BCUT2D eigenvalue weighted by atomic mass is 10.2. The lowest BCUT2D eigenvalue weighted by molar-refractivity contribution is 0.752. The van der Waals surface area contributed by atoms with Crippen LogP contribution in [0.25, 0.3) is 0 Å². The zero-order chi connectivity index (χ0) is 12.5. The summed E-state index contributed by atoms with van der Waals surface area (Å²) in [6, 6.07) is 14.1. The summed E-state index contributed by atoms with van der Waals surface area (Å²) in [5, 5.41) is 3.31. The summed E-state index contributed by atoms with van der Waals surface area (Å²) in [7, 11) is 0. The molecule has 1 aromatic heterocycles. The Morgan fingerprint density at radius 1 is 1.00 bits per heavy atom. The minimum atomic E-state index is 0.722. The van der Waals surface area contributed by atoms with E-state index in [0.717, 1.165) is 25.1 Å². The molecule has 2 nitrogen and oxygen atoms in total. The highest BCUT2D eigenvalue weighted by Crippen LogP contribution is 1.96. The Balaban J connectivity index is 1.67. The van der Waals surface area contributed by atoms with E-state index in [9.17, 15) is 0 Å². The maximum Gasteiger partial charge on any atom is 0.0580 e. The van der Waals surface area contributed by atoms with Crippen LogP contribution in [0.4, 0.5) is 0 Å². The lowest BCUT2D eigenvalue weighted by Gasteiger charge is -2.00. The molecule has 0 unspecified atom stereocenters. The smallest absolute Gasteiger partial charge is 0.0580 e. The number of nitrogens with one attached hydrogen (secondary N) is 1. The van der Waals surface area contributed by atoms with Gasteiger partial charge in [0.15, 0.2) is 0 Å². The van der Waals surface area contributed by atoms with Crippen molar-refractivity contribution in [2.75, 3.05) is 13.1 Å². The second-order valence-corrected chi connectivity index (χ2v) is 3.95. The molecule has 0 bridgehead atoms. The molecule has 0 aliphatic heterocycles. The minimum Gasteiger partial charge on any atom is -0.306 e. The molecule has 0 aliphatic carbocycles. The predicted molar refractivity (Wildman–Crippen MR) is 74.1 cm³/mol. The molecule has 2 heteroatoms. The SMILES string of the molecule is C(#Cc1ccccc1)CNCCc1ccncc1. The van der Waals surface area contributed by atoms with Gasteiger partial charge in [0.1, 0.15) is 0 Å². The fourth-order valence-corrected chi connectivity index (χ4v) is 1.60. The normalized spacial score (nSPS) is 9.56. The molecular weight excluding hydrogens is 220 g/mol. The molecule has 1 aromatic carbocycles. The van der Waals surface area contributed by atoms with Gasteiger partial charge in [0.2, 0.25) is 0 Å². The highest BCUT2D eigenvalue weighted by Gasteiger charge is 1.90. The molecule has 90 valence electrons. The zero-order valence-corrected chi connectivity index (χ0v) is 10.3. The Hall–Kier alpha value is -2.11. The maximum absolute atomic E-state index is 3.99. The molecule has 0 amide bonds. The van der Waals surface area contributed by atoms with Crippen LogP contribution in [0.3, 0.4) is 0 Å². The van der Waals surface area contributed by atoms with Gasteiger partial charge >= 0.3 is 0 Å². The molecule has 0 saturated heterocycles. The first-order valence-electron chi connectivity index (χ1n) is 6.09. The Kier molecular flexibility index (Phi) is 4.98. The van der Waals surface area contributed by atoms with Gasteiger partial charge in [-0.3, -0.25) is 4.98 Å². The van der Waals surface area contributed by atoms with Crippen molar-refractivity contribution in [3.8, 4) is 11.8 Å². The monoisotopic (exact) mass is 236 g/mol. The summed E-state index contributed by atoms with van der Waals surface area (Å²) in [6.07, 6.45) is 4.66. The number of rotatable bonds is 4. The van der Waals surface area contributed by atoms with Gasteiger partial charge in [0.25, 0.3) is 0 Å². The third kappa shape index (κ3) is 4.40. The van der Waals surface area contributed by atoms with Crippen LogP contribution in [-0.2, 0) is 6.42 Å². The topological polar surface area (TPSA) is 24.9 Å². The predicted octanol–water partition coefficient (Wildman–Crippen LogP) is 2.27. The second-order valence-electron chi connectivity index (χ2n) is 3.95. The third-order valence-electron chi connectivity index (χ3n) is 2.56. The molecule has 0 aliphatic rings. The van der Waals surface area contributed by atoms with Crippen LogP contribution in [0.2, 0.25) is 0 Å². The molecule has 2 rings (SSSR count). The third-order valence-corrected chi connectivity index (χ3v) is 2.56. The fraction of sp³-hybridized carbons (Fsp3) is 0.188. The molecule has 0 spiro atoms. The van der Waals surface area contributed by atoms with Crippen LogP contribution in [0.1, 0.15) is 11.1 Å². The van der Waals surface area contributed by atoms with E-state index in [1.54, 1.807) is 0 Å². The average Bonchev–Trinajstić information content (AvgIpc) is 2.45. The Morgan fingerprint density at radius 3 is 2.56 bits per heavy atom. The summed E-state index contributed by atoms with van der Waals surface area (Å²) in [5.41, 5.74) is 2.36. The van der Waals surface area contributed by atoms with Crippen molar-refractivity contribution in [3.63, 3.8) is 0 Å². The summed E-state index contributed by atoms with van der Waals surface area (Å²) < 4.78 is 0. The van der Waals surface area contributed by atoms with Crippen LogP contribution < -0.4 is 5.32 Å². The first-order valence-corrected chi connectivity index (χ1v) is 6.09. The van der Waals surface area contributed by atoms with Crippen molar-refractivity contribution in [2.24, 2.45) is 0 Å².